The summed E-state index contributed by atoms with van der Waals surface area (Å²) in [6.45, 7) is 10.1. The highest BCUT2D eigenvalue weighted by Crippen LogP contribution is 2.40. The van der Waals surface area contributed by atoms with Crippen LogP contribution in [-0.4, -0.2) is 90.7 Å². The van der Waals surface area contributed by atoms with Crippen molar-refractivity contribution < 1.29 is 23.9 Å². The average Bonchev–Trinajstić information content (AvgIpc) is 2.93. The van der Waals surface area contributed by atoms with Gasteiger partial charge in [0.15, 0.2) is 0 Å². The molecular formula is C30H41N7O5. The summed E-state index contributed by atoms with van der Waals surface area (Å²) < 4.78 is 12.2. The topological polar surface area (TPSA) is 129 Å². The first kappa shape index (κ1) is 29.6. The molecule has 0 aliphatic carbocycles. The molecule has 42 heavy (non-hydrogen) atoms. The van der Waals surface area contributed by atoms with Crippen LogP contribution < -0.4 is 25.2 Å². The zero-order valence-corrected chi connectivity index (χ0v) is 25.2. The maximum absolute atomic E-state index is 13.1. The summed E-state index contributed by atoms with van der Waals surface area (Å²) in [5.74, 6) is 1.71. The van der Waals surface area contributed by atoms with Gasteiger partial charge in [0.25, 0.3) is 0 Å². The van der Waals surface area contributed by atoms with E-state index in [1.165, 1.54) is 0 Å². The number of anilines is 4. The first-order valence-electron chi connectivity index (χ1n) is 14.6. The molecule has 4 bridgehead atoms. The standard InChI is InChI=1S/C30H41N7O5/c1-19-16-31-29-33-28(19)32-21-14-20-6-8-25(39)35(5)27(20)23(15-21)42-13-12-41-18-22-17-36(10-11-37(22)29)26(40)9-7-24(38)34-30(2,3)4/h14-16,22H,6-13,17-18H2,1-5H3,(H,34,38)(H,31,32,33)/t22-/m1/s1. The summed E-state index contributed by atoms with van der Waals surface area (Å²) >= 11 is 0. The fourth-order valence-electron chi connectivity index (χ4n) is 5.56. The Kier molecular flexibility index (Phi) is 8.53. The number of carbonyl (C=O) groups is 3. The van der Waals surface area contributed by atoms with E-state index in [0.29, 0.717) is 69.8 Å². The van der Waals surface area contributed by atoms with Crippen molar-refractivity contribution in [1.82, 2.24) is 20.2 Å². The highest BCUT2D eigenvalue weighted by atomic mass is 16.5. The zero-order chi connectivity index (χ0) is 30.0. The normalized spacial score (nSPS) is 19.1. The minimum Gasteiger partial charge on any atom is -0.489 e. The molecule has 1 aromatic heterocycles. The van der Waals surface area contributed by atoms with Crippen LogP contribution in [0, 0.1) is 6.92 Å². The first-order chi connectivity index (χ1) is 20.0. The van der Waals surface area contributed by atoms with E-state index in [0.717, 1.165) is 22.5 Å². The first-order valence-corrected chi connectivity index (χ1v) is 14.6. The number of aryl methyl sites for hydroxylation is 2. The number of nitrogens with one attached hydrogen (secondary N) is 2. The van der Waals surface area contributed by atoms with Gasteiger partial charge in [-0.15, -0.1) is 0 Å². The molecule has 1 aromatic carbocycles. The summed E-state index contributed by atoms with van der Waals surface area (Å²) in [5.41, 5.74) is 3.18. The molecule has 3 aliphatic heterocycles. The minimum atomic E-state index is -0.338. The van der Waals surface area contributed by atoms with Crippen LogP contribution in [0.1, 0.15) is 51.2 Å². The van der Waals surface area contributed by atoms with Crippen molar-refractivity contribution in [2.24, 2.45) is 0 Å². The largest absolute Gasteiger partial charge is 0.489 e. The Bertz CT molecular complexity index is 1360. The van der Waals surface area contributed by atoms with Crippen LogP contribution in [0.5, 0.6) is 5.75 Å². The van der Waals surface area contributed by atoms with Crippen molar-refractivity contribution in [2.75, 3.05) is 61.6 Å². The number of nitrogens with zero attached hydrogens (tertiary/aromatic N) is 5. The van der Waals surface area contributed by atoms with E-state index in [4.69, 9.17) is 14.5 Å². The molecular weight excluding hydrogens is 538 g/mol. The van der Waals surface area contributed by atoms with Gasteiger partial charge < -0.3 is 34.8 Å². The number of rotatable bonds is 3. The fraction of sp³-hybridized carbons (Fsp3) is 0.567. The predicted molar refractivity (Wildman–Crippen MR) is 159 cm³/mol. The maximum atomic E-state index is 13.1. The molecule has 0 spiro atoms. The molecule has 226 valence electrons. The molecule has 0 unspecified atom stereocenters. The van der Waals surface area contributed by atoms with Gasteiger partial charge in [-0.3, -0.25) is 14.4 Å². The van der Waals surface area contributed by atoms with Gasteiger partial charge in [-0.2, -0.15) is 4.98 Å². The van der Waals surface area contributed by atoms with Crippen LogP contribution in [0.2, 0.25) is 0 Å². The number of ether oxygens (including phenoxy) is 2. The lowest BCUT2D eigenvalue weighted by Gasteiger charge is -2.41. The van der Waals surface area contributed by atoms with E-state index in [9.17, 15) is 14.4 Å². The number of benzene rings is 1. The van der Waals surface area contributed by atoms with E-state index < -0.39 is 0 Å². The van der Waals surface area contributed by atoms with Crippen LogP contribution in [0.25, 0.3) is 0 Å². The Labute approximate surface area is 246 Å². The van der Waals surface area contributed by atoms with Crippen molar-refractivity contribution in [1.29, 1.82) is 0 Å². The summed E-state index contributed by atoms with van der Waals surface area (Å²) in [6, 6.07) is 3.76. The van der Waals surface area contributed by atoms with Gasteiger partial charge in [-0.25, -0.2) is 4.98 Å². The number of hydrogen-bond acceptors (Lipinski definition) is 9. The highest BCUT2D eigenvalue weighted by Gasteiger charge is 2.32. The molecule has 2 N–H and O–H groups in total. The summed E-state index contributed by atoms with van der Waals surface area (Å²) in [6.07, 6.45) is 3.18. The smallest absolute Gasteiger partial charge is 0.227 e. The lowest BCUT2D eigenvalue weighted by molar-refractivity contribution is -0.134. The Morgan fingerprint density at radius 3 is 2.74 bits per heavy atom. The van der Waals surface area contributed by atoms with Crippen LogP contribution in [-0.2, 0) is 25.5 Å². The van der Waals surface area contributed by atoms with E-state index in [1.54, 1.807) is 23.0 Å². The van der Waals surface area contributed by atoms with Crippen LogP contribution >= 0.6 is 0 Å². The molecule has 2 aromatic rings. The molecule has 1 saturated heterocycles. The van der Waals surface area contributed by atoms with Gasteiger partial charge in [-0.05, 0) is 45.7 Å². The van der Waals surface area contributed by atoms with E-state index in [-0.39, 0.29) is 42.1 Å². The molecule has 0 radical (unpaired) electrons. The number of amides is 3. The van der Waals surface area contributed by atoms with Crippen molar-refractivity contribution in [3.8, 4) is 5.75 Å². The molecule has 5 rings (SSSR count). The Balaban J connectivity index is 1.36. The molecule has 0 saturated carbocycles. The second kappa shape index (κ2) is 12.1. The van der Waals surface area contributed by atoms with Crippen LogP contribution in [0.4, 0.5) is 23.1 Å². The molecule has 3 amide bonds. The second-order valence-electron chi connectivity index (χ2n) is 12.2. The van der Waals surface area contributed by atoms with E-state index in [1.807, 2.05) is 39.8 Å². The third-order valence-electron chi connectivity index (χ3n) is 7.66. The number of piperazine rings is 1. The predicted octanol–water partition coefficient (Wildman–Crippen LogP) is 2.56. The van der Waals surface area contributed by atoms with Gasteiger partial charge in [0.1, 0.15) is 18.2 Å². The zero-order valence-electron chi connectivity index (χ0n) is 25.2. The van der Waals surface area contributed by atoms with Crippen LogP contribution in [0.15, 0.2) is 18.3 Å². The highest BCUT2D eigenvalue weighted by molar-refractivity contribution is 5.98. The average molecular weight is 580 g/mol. The third-order valence-corrected chi connectivity index (χ3v) is 7.66. The van der Waals surface area contributed by atoms with Gasteiger partial charge in [0.05, 0.1) is 24.9 Å². The molecule has 3 aliphatic rings. The Morgan fingerprint density at radius 2 is 1.95 bits per heavy atom. The number of carbonyl (C=O) groups excluding carboxylic acids is 3. The van der Waals surface area contributed by atoms with E-state index >= 15 is 0 Å². The number of hydrogen-bond donors (Lipinski definition) is 2. The van der Waals surface area contributed by atoms with Crippen molar-refractivity contribution in [2.45, 2.75) is 65.0 Å². The van der Waals surface area contributed by atoms with Gasteiger partial charge in [0.2, 0.25) is 23.7 Å². The second-order valence-corrected chi connectivity index (χ2v) is 12.2. The van der Waals surface area contributed by atoms with Gasteiger partial charge in [0, 0.05) is 75.0 Å². The van der Waals surface area contributed by atoms with Gasteiger partial charge in [-0.1, -0.05) is 0 Å². The summed E-state index contributed by atoms with van der Waals surface area (Å²) in [4.78, 5) is 52.9. The molecule has 4 heterocycles. The third kappa shape index (κ3) is 6.75. The Morgan fingerprint density at radius 1 is 1.14 bits per heavy atom. The summed E-state index contributed by atoms with van der Waals surface area (Å²) in [7, 11) is 1.78. The van der Waals surface area contributed by atoms with Crippen molar-refractivity contribution in [3.05, 3.63) is 29.5 Å². The molecule has 1 atom stereocenters. The molecule has 12 nitrogen and oxygen atoms in total. The maximum Gasteiger partial charge on any atom is 0.227 e. The lowest BCUT2D eigenvalue weighted by Crippen LogP contribution is -2.57. The molecule has 12 heteroatoms. The molecule has 1 fully saturated rings. The Hall–Kier alpha value is -3.93. The van der Waals surface area contributed by atoms with Gasteiger partial charge >= 0.3 is 0 Å². The fourth-order valence-corrected chi connectivity index (χ4v) is 5.56. The van der Waals surface area contributed by atoms with E-state index in [2.05, 4.69) is 20.5 Å². The number of fused-ring (bicyclic) bond motifs is 8. The minimum absolute atomic E-state index is 0.0568. The van der Waals surface area contributed by atoms with Crippen molar-refractivity contribution >= 4 is 40.9 Å². The van der Waals surface area contributed by atoms with Crippen LogP contribution in [0.3, 0.4) is 0 Å². The monoisotopic (exact) mass is 579 g/mol. The number of aromatic nitrogens is 2. The lowest BCUT2D eigenvalue weighted by atomic mass is 10.00. The summed E-state index contributed by atoms with van der Waals surface area (Å²) in [5, 5.41) is 6.36. The quantitative estimate of drug-likeness (QED) is 0.564. The van der Waals surface area contributed by atoms with Crippen molar-refractivity contribution in [3.63, 3.8) is 0 Å². The SMILES string of the molecule is Cc1cnc2nc1Nc1cc3c(c(c1)OCCOC[C@H]1CN(C(=O)CCC(=O)NC(C)(C)C)CCN21)N(C)C(=O)CC3.